The van der Waals surface area contributed by atoms with Gasteiger partial charge in [0, 0.05) is 20.6 Å². The monoisotopic (exact) mass is 313 g/mol. The molecule has 2 atom stereocenters. The Bertz CT molecular complexity index is 527. The molecule has 1 aromatic carbocycles. The smallest absolute Gasteiger partial charge is 0.352 e. The van der Waals surface area contributed by atoms with Crippen LogP contribution in [0.2, 0.25) is 0 Å². The van der Waals surface area contributed by atoms with Crippen molar-refractivity contribution in [3.8, 4) is 0 Å². The van der Waals surface area contributed by atoms with Gasteiger partial charge in [-0.3, -0.25) is 9.36 Å². The van der Waals surface area contributed by atoms with Gasteiger partial charge in [-0.15, -0.1) is 0 Å². The van der Waals surface area contributed by atoms with Crippen LogP contribution in [-0.4, -0.2) is 42.5 Å². The standard InChI is InChI=1S/C14H20NO5P/c1-19-21(18,20-2)14-9-8-13(17)15(14)12(10-16)11-6-4-3-5-7-11/h3-7,12,14,16H,8-10H2,1-2H3/t12-,14-/m0/s1. The fourth-order valence-electron chi connectivity index (χ4n) is 2.73. The van der Waals surface area contributed by atoms with Crippen molar-refractivity contribution < 1.29 is 23.5 Å². The molecule has 0 unspecified atom stereocenters. The van der Waals surface area contributed by atoms with Gasteiger partial charge in [0.2, 0.25) is 5.91 Å². The van der Waals surface area contributed by atoms with Crippen LogP contribution in [0.3, 0.4) is 0 Å². The maximum atomic E-state index is 12.6. The summed E-state index contributed by atoms with van der Waals surface area (Å²) in [5.41, 5.74) is 0.791. The average Bonchev–Trinajstić information content (AvgIpc) is 2.91. The molecule has 0 bridgehead atoms. The van der Waals surface area contributed by atoms with Crippen molar-refractivity contribution in [2.75, 3.05) is 20.8 Å². The third kappa shape index (κ3) is 3.04. The Labute approximate surface area is 124 Å². The van der Waals surface area contributed by atoms with E-state index in [4.69, 9.17) is 9.05 Å². The topological polar surface area (TPSA) is 76.1 Å². The van der Waals surface area contributed by atoms with E-state index >= 15 is 0 Å². The number of amides is 1. The number of carbonyl (C=O) groups excluding carboxylic acids is 1. The van der Waals surface area contributed by atoms with Crippen LogP contribution in [0.5, 0.6) is 0 Å². The Balaban J connectivity index is 2.38. The van der Waals surface area contributed by atoms with Gasteiger partial charge in [0.25, 0.3) is 0 Å². The Kier molecular flexibility index (Phi) is 5.17. The fourth-order valence-corrected chi connectivity index (χ4v) is 4.40. The number of likely N-dealkylation sites (tertiary alicyclic amines) is 1. The number of carbonyl (C=O) groups is 1. The molecular formula is C14H20NO5P. The predicted molar refractivity (Wildman–Crippen MR) is 77.8 cm³/mol. The lowest BCUT2D eigenvalue weighted by atomic mass is 10.1. The van der Waals surface area contributed by atoms with Gasteiger partial charge in [0.05, 0.1) is 12.6 Å². The second-order valence-electron chi connectivity index (χ2n) is 4.83. The van der Waals surface area contributed by atoms with Crippen LogP contribution in [-0.2, 0) is 18.4 Å². The van der Waals surface area contributed by atoms with E-state index in [9.17, 15) is 14.5 Å². The van der Waals surface area contributed by atoms with Crippen molar-refractivity contribution in [2.45, 2.75) is 24.7 Å². The lowest BCUT2D eigenvalue weighted by Crippen LogP contribution is -2.38. The summed E-state index contributed by atoms with van der Waals surface area (Å²) in [4.78, 5) is 13.7. The Morgan fingerprint density at radius 3 is 2.48 bits per heavy atom. The normalized spacial score (nSPS) is 20.8. The maximum Gasteiger partial charge on any atom is 0.352 e. The van der Waals surface area contributed by atoms with Gasteiger partial charge in [0.1, 0.15) is 5.78 Å². The van der Waals surface area contributed by atoms with Crippen molar-refractivity contribution in [3.63, 3.8) is 0 Å². The molecule has 0 spiro atoms. The molecular weight excluding hydrogens is 293 g/mol. The van der Waals surface area contributed by atoms with Crippen molar-refractivity contribution in [1.82, 2.24) is 4.90 Å². The highest BCUT2D eigenvalue weighted by molar-refractivity contribution is 7.54. The minimum absolute atomic E-state index is 0.155. The van der Waals surface area contributed by atoms with Crippen LogP contribution in [0.1, 0.15) is 24.4 Å². The molecule has 0 radical (unpaired) electrons. The number of hydrogen-bond donors (Lipinski definition) is 1. The number of aliphatic hydroxyl groups excluding tert-OH is 1. The molecule has 1 heterocycles. The molecule has 1 aliphatic heterocycles. The molecule has 1 aliphatic rings. The first kappa shape index (κ1) is 16.2. The minimum atomic E-state index is -3.42. The molecule has 1 fully saturated rings. The van der Waals surface area contributed by atoms with E-state index in [0.717, 1.165) is 5.56 Å². The summed E-state index contributed by atoms with van der Waals surface area (Å²) in [6.07, 6.45) is 0.659. The molecule has 7 heteroatoms. The van der Waals surface area contributed by atoms with E-state index < -0.39 is 19.4 Å². The molecule has 1 aromatic rings. The van der Waals surface area contributed by atoms with Gasteiger partial charge < -0.3 is 19.1 Å². The number of benzene rings is 1. The van der Waals surface area contributed by atoms with Gasteiger partial charge in [-0.25, -0.2) is 0 Å². The molecule has 1 saturated heterocycles. The summed E-state index contributed by atoms with van der Waals surface area (Å²) >= 11 is 0. The van der Waals surface area contributed by atoms with E-state index in [1.807, 2.05) is 30.3 Å². The molecule has 21 heavy (non-hydrogen) atoms. The van der Waals surface area contributed by atoms with Crippen LogP contribution < -0.4 is 0 Å². The molecule has 1 amide bonds. The third-order valence-electron chi connectivity index (χ3n) is 3.79. The summed E-state index contributed by atoms with van der Waals surface area (Å²) in [7, 11) is -0.801. The molecule has 2 rings (SSSR count). The van der Waals surface area contributed by atoms with Crippen LogP contribution in [0.4, 0.5) is 0 Å². The first-order chi connectivity index (χ1) is 10.1. The van der Waals surface area contributed by atoms with Crippen molar-refractivity contribution in [2.24, 2.45) is 0 Å². The summed E-state index contributed by atoms with van der Waals surface area (Å²) in [5.74, 6) is -0.824. The highest BCUT2D eigenvalue weighted by Crippen LogP contribution is 2.57. The number of rotatable bonds is 6. The van der Waals surface area contributed by atoms with E-state index in [0.29, 0.717) is 6.42 Å². The lowest BCUT2D eigenvalue weighted by molar-refractivity contribution is -0.131. The Morgan fingerprint density at radius 1 is 1.33 bits per heavy atom. The summed E-state index contributed by atoms with van der Waals surface area (Å²) < 4.78 is 22.7. The molecule has 0 aromatic heterocycles. The predicted octanol–water partition coefficient (Wildman–Crippen LogP) is 2.15. The zero-order chi connectivity index (χ0) is 15.5. The van der Waals surface area contributed by atoms with Crippen molar-refractivity contribution in [3.05, 3.63) is 35.9 Å². The first-order valence-corrected chi connectivity index (χ1v) is 8.36. The van der Waals surface area contributed by atoms with Gasteiger partial charge >= 0.3 is 7.60 Å². The van der Waals surface area contributed by atoms with Gasteiger partial charge in [-0.2, -0.15) is 0 Å². The molecule has 116 valence electrons. The van der Waals surface area contributed by atoms with Crippen LogP contribution in [0, 0.1) is 0 Å². The minimum Gasteiger partial charge on any atom is -0.394 e. The Hall–Kier alpha value is -1.20. The van der Waals surface area contributed by atoms with E-state index in [-0.39, 0.29) is 18.9 Å². The van der Waals surface area contributed by atoms with Crippen LogP contribution in [0.15, 0.2) is 30.3 Å². The van der Waals surface area contributed by atoms with Crippen molar-refractivity contribution in [1.29, 1.82) is 0 Å². The van der Waals surface area contributed by atoms with Crippen LogP contribution >= 0.6 is 7.60 Å². The van der Waals surface area contributed by atoms with E-state index in [1.165, 1.54) is 19.1 Å². The second-order valence-corrected chi connectivity index (χ2v) is 7.24. The zero-order valence-corrected chi connectivity index (χ0v) is 13.0. The maximum absolute atomic E-state index is 12.6. The summed E-state index contributed by atoms with van der Waals surface area (Å²) in [6, 6.07) is 8.63. The van der Waals surface area contributed by atoms with Crippen LogP contribution in [0.25, 0.3) is 0 Å². The quantitative estimate of drug-likeness (QED) is 0.814. The van der Waals surface area contributed by atoms with Gasteiger partial charge in [-0.1, -0.05) is 30.3 Å². The average molecular weight is 313 g/mol. The third-order valence-corrected chi connectivity index (χ3v) is 6.05. The Morgan fingerprint density at radius 2 is 1.95 bits per heavy atom. The zero-order valence-electron chi connectivity index (χ0n) is 12.1. The van der Waals surface area contributed by atoms with Crippen molar-refractivity contribution >= 4 is 13.5 Å². The molecule has 6 nitrogen and oxygen atoms in total. The highest BCUT2D eigenvalue weighted by atomic mass is 31.2. The van der Waals surface area contributed by atoms with Gasteiger partial charge in [0.15, 0.2) is 0 Å². The summed E-state index contributed by atoms with van der Waals surface area (Å²) in [6.45, 7) is -0.250. The van der Waals surface area contributed by atoms with Gasteiger partial charge in [-0.05, 0) is 12.0 Å². The first-order valence-electron chi connectivity index (χ1n) is 6.75. The summed E-state index contributed by atoms with van der Waals surface area (Å²) in [5, 5.41) is 9.72. The molecule has 0 aliphatic carbocycles. The highest BCUT2D eigenvalue weighted by Gasteiger charge is 2.47. The second kappa shape index (κ2) is 6.71. The lowest BCUT2D eigenvalue weighted by Gasteiger charge is -2.34. The SMILES string of the molecule is COP(=O)(OC)[C@H]1CCC(=O)N1[C@@H](CO)c1ccccc1. The molecule has 1 N–H and O–H groups in total. The fraction of sp³-hybridized carbons (Fsp3) is 0.500. The number of hydrogen-bond acceptors (Lipinski definition) is 5. The molecule has 0 saturated carbocycles. The van der Waals surface area contributed by atoms with E-state index in [2.05, 4.69) is 0 Å². The number of aliphatic hydroxyl groups is 1. The number of nitrogens with zero attached hydrogens (tertiary/aromatic N) is 1. The largest absolute Gasteiger partial charge is 0.394 e. The van der Waals surface area contributed by atoms with E-state index in [1.54, 1.807) is 0 Å².